The monoisotopic (exact) mass is 355 g/mol. The third-order valence-corrected chi connectivity index (χ3v) is 6.30. The molecule has 0 amide bonds. The Bertz CT molecular complexity index is 595. The van der Waals surface area contributed by atoms with E-state index in [0.29, 0.717) is 12.2 Å². The van der Waals surface area contributed by atoms with Crippen molar-refractivity contribution in [1.82, 2.24) is 4.31 Å². The van der Waals surface area contributed by atoms with Gasteiger partial charge in [0, 0.05) is 24.4 Å². The van der Waals surface area contributed by atoms with E-state index in [1.807, 2.05) is 13.2 Å². The fraction of sp³-hybridized carbons (Fsp3) is 0.538. The van der Waals surface area contributed by atoms with Crippen LogP contribution in [0.2, 0.25) is 5.02 Å². The van der Waals surface area contributed by atoms with Crippen LogP contribution < -0.4 is 0 Å². The van der Waals surface area contributed by atoms with Crippen LogP contribution in [-0.2, 0) is 16.6 Å². The molecule has 0 spiro atoms. The molecule has 1 aromatic rings. The SMILES string of the molecule is CCC(CSC)N(C)S(=O)(=O)c1cc(F)c(Cl)c(CO)c1. The average molecular weight is 356 g/mol. The molecule has 0 radical (unpaired) electrons. The maximum atomic E-state index is 13.7. The predicted molar refractivity (Wildman–Crippen MR) is 84.7 cm³/mol. The van der Waals surface area contributed by atoms with E-state index < -0.39 is 22.4 Å². The van der Waals surface area contributed by atoms with Crippen LogP contribution in [0.25, 0.3) is 0 Å². The van der Waals surface area contributed by atoms with Crippen LogP contribution in [0.4, 0.5) is 4.39 Å². The summed E-state index contributed by atoms with van der Waals surface area (Å²) in [5, 5.41) is 8.89. The maximum absolute atomic E-state index is 13.7. The third-order valence-electron chi connectivity index (χ3n) is 3.27. The molecule has 0 aliphatic heterocycles. The van der Waals surface area contributed by atoms with Crippen molar-refractivity contribution in [2.45, 2.75) is 30.9 Å². The molecule has 0 saturated heterocycles. The molecule has 0 aliphatic rings. The number of hydrogen-bond acceptors (Lipinski definition) is 4. The van der Waals surface area contributed by atoms with Crippen LogP contribution in [0.1, 0.15) is 18.9 Å². The molecule has 0 fully saturated rings. The van der Waals surface area contributed by atoms with Gasteiger partial charge in [0.25, 0.3) is 0 Å². The Morgan fingerprint density at radius 2 is 2.10 bits per heavy atom. The predicted octanol–water partition coefficient (Wildman–Crippen LogP) is 2.73. The summed E-state index contributed by atoms with van der Waals surface area (Å²) in [4.78, 5) is -0.199. The molecule has 8 heteroatoms. The van der Waals surface area contributed by atoms with Crippen molar-refractivity contribution in [2.24, 2.45) is 0 Å². The van der Waals surface area contributed by atoms with E-state index >= 15 is 0 Å². The fourth-order valence-corrected chi connectivity index (χ4v) is 4.52. The molecular weight excluding hydrogens is 337 g/mol. The van der Waals surface area contributed by atoms with Gasteiger partial charge >= 0.3 is 0 Å². The Balaban J connectivity index is 3.27. The van der Waals surface area contributed by atoms with E-state index in [4.69, 9.17) is 16.7 Å². The lowest BCUT2D eigenvalue weighted by molar-refractivity contribution is 0.281. The second kappa shape index (κ2) is 7.78. The first kappa shape index (κ1) is 18.7. The zero-order valence-corrected chi connectivity index (χ0v) is 14.5. The molecule has 0 aromatic heterocycles. The van der Waals surface area contributed by atoms with Gasteiger partial charge in [-0.3, -0.25) is 0 Å². The minimum atomic E-state index is -3.83. The van der Waals surface area contributed by atoms with Gasteiger partial charge in [-0.15, -0.1) is 0 Å². The molecule has 1 N–H and O–H groups in total. The van der Waals surface area contributed by atoms with Crippen LogP contribution in [0, 0.1) is 5.82 Å². The summed E-state index contributed by atoms with van der Waals surface area (Å²) in [6, 6.07) is 1.92. The Hall–Kier alpha value is -0.340. The number of rotatable bonds is 7. The molecule has 4 nitrogen and oxygen atoms in total. The van der Waals surface area contributed by atoms with Gasteiger partial charge in [-0.25, -0.2) is 12.8 Å². The van der Waals surface area contributed by atoms with Crippen LogP contribution in [0.15, 0.2) is 17.0 Å². The van der Waals surface area contributed by atoms with Gasteiger partial charge in [-0.1, -0.05) is 18.5 Å². The van der Waals surface area contributed by atoms with Crippen LogP contribution in [-0.4, -0.2) is 42.9 Å². The number of thioether (sulfide) groups is 1. The largest absolute Gasteiger partial charge is 0.392 e. The molecule has 0 aliphatic carbocycles. The molecule has 1 rings (SSSR count). The summed E-state index contributed by atoms with van der Waals surface area (Å²) in [6.45, 7) is 1.37. The minimum absolute atomic E-state index is 0.0570. The zero-order chi connectivity index (χ0) is 16.2. The first-order valence-corrected chi connectivity index (χ1v) is 9.56. The van der Waals surface area contributed by atoms with Gasteiger partial charge in [0.2, 0.25) is 10.0 Å². The van der Waals surface area contributed by atoms with Crippen LogP contribution in [0.5, 0.6) is 0 Å². The van der Waals surface area contributed by atoms with Crippen molar-refractivity contribution in [3.05, 3.63) is 28.5 Å². The number of hydrogen-bond donors (Lipinski definition) is 1. The Morgan fingerprint density at radius 3 is 2.57 bits per heavy atom. The smallest absolute Gasteiger partial charge is 0.243 e. The summed E-state index contributed by atoms with van der Waals surface area (Å²) < 4.78 is 40.1. The van der Waals surface area contributed by atoms with Crippen molar-refractivity contribution in [3.8, 4) is 0 Å². The van der Waals surface area contributed by atoms with E-state index in [9.17, 15) is 12.8 Å². The van der Waals surface area contributed by atoms with Crippen molar-refractivity contribution < 1.29 is 17.9 Å². The highest BCUT2D eigenvalue weighted by molar-refractivity contribution is 7.98. The minimum Gasteiger partial charge on any atom is -0.392 e. The van der Waals surface area contributed by atoms with Crippen molar-refractivity contribution in [3.63, 3.8) is 0 Å². The lowest BCUT2D eigenvalue weighted by atomic mass is 10.2. The third kappa shape index (κ3) is 4.10. The van der Waals surface area contributed by atoms with E-state index in [0.717, 1.165) is 6.07 Å². The van der Waals surface area contributed by atoms with Crippen LogP contribution >= 0.6 is 23.4 Å². The molecule has 0 saturated carbocycles. The molecule has 1 aromatic carbocycles. The average Bonchev–Trinajstić information content (AvgIpc) is 2.46. The lowest BCUT2D eigenvalue weighted by Gasteiger charge is -2.26. The Kier molecular flexibility index (Phi) is 6.93. The highest BCUT2D eigenvalue weighted by Gasteiger charge is 2.28. The fourth-order valence-electron chi connectivity index (χ4n) is 1.92. The Labute approximate surface area is 134 Å². The zero-order valence-electron chi connectivity index (χ0n) is 12.1. The number of benzene rings is 1. The summed E-state index contributed by atoms with van der Waals surface area (Å²) in [5.41, 5.74) is 0.0570. The van der Waals surface area contributed by atoms with E-state index in [1.54, 1.807) is 11.8 Å². The lowest BCUT2D eigenvalue weighted by Crippen LogP contribution is -2.38. The molecule has 21 heavy (non-hydrogen) atoms. The topological polar surface area (TPSA) is 57.6 Å². The van der Waals surface area contributed by atoms with Gasteiger partial charge in [0.05, 0.1) is 16.5 Å². The Morgan fingerprint density at radius 1 is 1.48 bits per heavy atom. The number of aliphatic hydroxyl groups is 1. The molecule has 1 unspecified atom stereocenters. The first-order chi connectivity index (χ1) is 9.79. The summed E-state index contributed by atoms with van der Waals surface area (Å²) in [7, 11) is -2.36. The molecule has 0 bridgehead atoms. The molecule has 1 atom stereocenters. The first-order valence-electron chi connectivity index (χ1n) is 6.35. The van der Waals surface area contributed by atoms with Gasteiger partial charge in [-0.2, -0.15) is 16.1 Å². The number of nitrogens with zero attached hydrogens (tertiary/aromatic N) is 1. The number of halogens is 2. The summed E-state index contributed by atoms with van der Waals surface area (Å²) in [6.07, 6.45) is 2.55. The van der Waals surface area contributed by atoms with E-state index in [2.05, 4.69) is 0 Å². The summed E-state index contributed by atoms with van der Waals surface area (Å²) >= 11 is 7.23. The van der Waals surface area contributed by atoms with E-state index in [-0.39, 0.29) is 21.5 Å². The van der Waals surface area contributed by atoms with Crippen molar-refractivity contribution in [1.29, 1.82) is 0 Å². The molecular formula is C13H19ClFNO3S2. The van der Waals surface area contributed by atoms with Crippen molar-refractivity contribution >= 4 is 33.4 Å². The molecule has 0 heterocycles. The second-order valence-corrected chi connectivity index (χ2v) is 7.86. The number of aliphatic hydroxyl groups excluding tert-OH is 1. The maximum Gasteiger partial charge on any atom is 0.243 e. The normalized spacial score (nSPS) is 13.7. The second-order valence-electron chi connectivity index (χ2n) is 4.57. The summed E-state index contributed by atoms with van der Waals surface area (Å²) in [5.74, 6) is -0.206. The number of sulfonamides is 1. The van der Waals surface area contributed by atoms with Gasteiger partial charge < -0.3 is 5.11 Å². The van der Waals surface area contributed by atoms with Gasteiger partial charge in [0.1, 0.15) is 5.82 Å². The quantitative estimate of drug-likeness (QED) is 0.817. The highest BCUT2D eigenvalue weighted by atomic mass is 35.5. The standard InChI is InChI=1S/C13H19ClFNO3S2/c1-4-10(8-20-3)16(2)21(18,19)11-5-9(7-17)13(14)12(15)6-11/h5-6,10,17H,4,7-8H2,1-3H3. The van der Waals surface area contributed by atoms with E-state index in [1.165, 1.54) is 17.4 Å². The molecule has 120 valence electrons. The van der Waals surface area contributed by atoms with Crippen LogP contribution in [0.3, 0.4) is 0 Å². The van der Waals surface area contributed by atoms with Gasteiger partial charge in [0.15, 0.2) is 0 Å². The highest BCUT2D eigenvalue weighted by Crippen LogP contribution is 2.27. The van der Waals surface area contributed by atoms with Crippen molar-refractivity contribution in [2.75, 3.05) is 19.1 Å². The van der Waals surface area contributed by atoms with Gasteiger partial charge in [-0.05, 0) is 24.8 Å².